The molecule has 0 N–H and O–H groups in total. The van der Waals surface area contributed by atoms with Crippen LogP contribution in [0.5, 0.6) is 0 Å². The Balaban J connectivity index is 1.53. The summed E-state index contributed by atoms with van der Waals surface area (Å²) in [4.78, 5) is 28.6. The first-order chi connectivity index (χ1) is 15.2. The molecule has 1 fully saturated rings. The van der Waals surface area contributed by atoms with Gasteiger partial charge in [-0.1, -0.05) is 78.7 Å². The number of ether oxygens (including phenoxy) is 1. The third-order valence-corrected chi connectivity index (χ3v) is 6.31. The molecule has 31 heavy (non-hydrogen) atoms. The van der Waals surface area contributed by atoms with Gasteiger partial charge in [0.25, 0.3) is 0 Å². The minimum atomic E-state index is -0.751. The highest BCUT2D eigenvalue weighted by Gasteiger charge is 2.45. The number of amides is 1. The predicted molar refractivity (Wildman–Crippen MR) is 119 cm³/mol. The molecule has 0 bridgehead atoms. The molecule has 4 heteroatoms. The molecule has 0 spiro atoms. The molecule has 4 rings (SSSR count). The molecule has 2 aromatic rings. The van der Waals surface area contributed by atoms with Crippen molar-refractivity contribution in [3.8, 4) is 12.3 Å². The lowest BCUT2D eigenvalue weighted by molar-refractivity contribution is -0.162. The molecule has 158 valence electrons. The number of hydrogen-bond acceptors (Lipinski definition) is 3. The van der Waals surface area contributed by atoms with Crippen molar-refractivity contribution < 1.29 is 14.3 Å². The maximum atomic E-state index is 13.5. The fourth-order valence-electron chi connectivity index (χ4n) is 4.68. The number of nitrogens with zero attached hydrogens (tertiary/aromatic N) is 1. The third-order valence-electron chi connectivity index (χ3n) is 6.31. The monoisotopic (exact) mass is 413 g/mol. The van der Waals surface area contributed by atoms with E-state index in [-0.39, 0.29) is 23.7 Å². The highest BCUT2D eigenvalue weighted by Crippen LogP contribution is 2.39. The van der Waals surface area contributed by atoms with Crippen LogP contribution in [0.2, 0.25) is 0 Å². The first kappa shape index (κ1) is 20.9. The van der Waals surface area contributed by atoms with Crippen LogP contribution in [0.1, 0.15) is 36.5 Å². The topological polar surface area (TPSA) is 46.6 Å². The summed E-state index contributed by atoms with van der Waals surface area (Å²) in [6.07, 6.45) is 11.2. The second-order valence-corrected chi connectivity index (χ2v) is 8.26. The van der Waals surface area contributed by atoms with Crippen LogP contribution in [0.3, 0.4) is 0 Å². The Morgan fingerprint density at radius 2 is 1.74 bits per heavy atom. The van der Waals surface area contributed by atoms with Crippen molar-refractivity contribution >= 4 is 11.9 Å². The van der Waals surface area contributed by atoms with Crippen molar-refractivity contribution in [3.63, 3.8) is 0 Å². The van der Waals surface area contributed by atoms with Gasteiger partial charge in [-0.15, -0.1) is 6.42 Å². The number of allylic oxidation sites excluding steroid dienone is 2. The largest absolute Gasteiger partial charge is 0.444 e. The molecule has 1 saturated heterocycles. The van der Waals surface area contributed by atoms with Crippen LogP contribution in [0.15, 0.2) is 72.8 Å². The van der Waals surface area contributed by atoms with Gasteiger partial charge in [0.15, 0.2) is 6.10 Å². The van der Waals surface area contributed by atoms with E-state index in [2.05, 4.69) is 12.0 Å². The smallest absolute Gasteiger partial charge is 0.311 e. The number of piperidine rings is 1. The summed E-state index contributed by atoms with van der Waals surface area (Å²) in [6.45, 7) is 1.27. The van der Waals surface area contributed by atoms with Gasteiger partial charge in [-0.2, -0.15) is 0 Å². The fourth-order valence-corrected chi connectivity index (χ4v) is 4.68. The number of carbonyl (C=O) groups is 2. The molecule has 0 radical (unpaired) electrons. The van der Waals surface area contributed by atoms with Crippen LogP contribution in [-0.2, 0) is 20.9 Å². The molecular formula is C27H27NO3. The lowest BCUT2D eigenvalue weighted by Gasteiger charge is -2.40. The summed E-state index contributed by atoms with van der Waals surface area (Å²) in [5.41, 5.74) is 1.86. The zero-order valence-corrected chi connectivity index (χ0v) is 17.5. The number of likely N-dealkylation sites (tertiary alicyclic amines) is 1. The van der Waals surface area contributed by atoms with Crippen molar-refractivity contribution in [1.82, 2.24) is 4.90 Å². The number of terminal acetylenes is 1. The van der Waals surface area contributed by atoms with E-state index >= 15 is 0 Å². The van der Waals surface area contributed by atoms with Crippen molar-refractivity contribution in [2.45, 2.75) is 31.9 Å². The number of esters is 1. The Bertz CT molecular complexity index is 977. The molecule has 4 unspecified atom stereocenters. The van der Waals surface area contributed by atoms with Gasteiger partial charge in [-0.05, 0) is 30.7 Å². The van der Waals surface area contributed by atoms with Crippen LogP contribution in [0.4, 0.5) is 0 Å². The van der Waals surface area contributed by atoms with Gasteiger partial charge < -0.3 is 9.64 Å². The quantitative estimate of drug-likeness (QED) is 0.411. The number of benzene rings is 2. The van der Waals surface area contributed by atoms with Crippen molar-refractivity contribution in [2.75, 3.05) is 6.54 Å². The van der Waals surface area contributed by atoms with Gasteiger partial charge in [0, 0.05) is 18.7 Å². The molecule has 0 aromatic heterocycles. The van der Waals surface area contributed by atoms with Crippen LogP contribution >= 0.6 is 0 Å². The van der Waals surface area contributed by atoms with Crippen LogP contribution in [0, 0.1) is 30.1 Å². The van der Waals surface area contributed by atoms with E-state index in [0.29, 0.717) is 19.5 Å². The van der Waals surface area contributed by atoms with Crippen LogP contribution in [0.25, 0.3) is 0 Å². The van der Waals surface area contributed by atoms with Crippen LogP contribution < -0.4 is 0 Å². The van der Waals surface area contributed by atoms with Gasteiger partial charge in [0.1, 0.15) is 0 Å². The van der Waals surface area contributed by atoms with Crippen molar-refractivity contribution in [2.24, 2.45) is 17.8 Å². The Kier molecular flexibility index (Phi) is 6.52. The molecule has 2 aliphatic rings. The molecule has 1 amide bonds. The average Bonchev–Trinajstić information content (AvgIpc) is 3.03. The molecular weight excluding hydrogens is 386 g/mol. The van der Waals surface area contributed by atoms with E-state index in [4.69, 9.17) is 11.2 Å². The lowest BCUT2D eigenvalue weighted by atomic mass is 9.75. The fraction of sp³-hybridized carbons (Fsp3) is 0.333. The zero-order valence-electron chi connectivity index (χ0n) is 17.5. The third kappa shape index (κ3) is 4.72. The first-order valence-corrected chi connectivity index (χ1v) is 10.9. The summed E-state index contributed by atoms with van der Waals surface area (Å²) < 4.78 is 5.75. The summed E-state index contributed by atoms with van der Waals surface area (Å²) in [5, 5.41) is 0. The van der Waals surface area contributed by atoms with E-state index in [0.717, 1.165) is 24.0 Å². The second-order valence-electron chi connectivity index (χ2n) is 8.26. The molecule has 4 nitrogen and oxygen atoms in total. The summed E-state index contributed by atoms with van der Waals surface area (Å²) in [7, 11) is 0. The highest BCUT2D eigenvalue weighted by atomic mass is 16.5. The summed E-state index contributed by atoms with van der Waals surface area (Å²) in [5.74, 6) is 1.48. The number of hydrogen-bond donors (Lipinski definition) is 0. The minimum absolute atomic E-state index is 0.0442. The van der Waals surface area contributed by atoms with E-state index in [1.54, 1.807) is 0 Å². The highest BCUT2D eigenvalue weighted by molar-refractivity contribution is 5.86. The van der Waals surface area contributed by atoms with Gasteiger partial charge in [-0.3, -0.25) is 9.59 Å². The van der Waals surface area contributed by atoms with Gasteiger partial charge in [0.05, 0.1) is 11.8 Å². The Morgan fingerprint density at radius 1 is 1.06 bits per heavy atom. The Labute approximate surface area is 183 Å². The zero-order chi connectivity index (χ0) is 21.6. The normalized spacial score (nSPS) is 23.9. The van der Waals surface area contributed by atoms with Gasteiger partial charge >= 0.3 is 5.97 Å². The van der Waals surface area contributed by atoms with Crippen LogP contribution in [-0.4, -0.2) is 23.3 Å². The lowest BCUT2D eigenvalue weighted by Crippen LogP contribution is -2.49. The van der Waals surface area contributed by atoms with E-state index in [1.807, 2.05) is 71.6 Å². The Hall–Kier alpha value is -3.32. The number of carbonyl (C=O) groups excluding carboxylic acids is 2. The molecule has 1 heterocycles. The molecule has 1 aliphatic carbocycles. The molecule has 1 aliphatic heterocycles. The van der Waals surface area contributed by atoms with Crippen molar-refractivity contribution in [1.29, 1.82) is 0 Å². The summed E-state index contributed by atoms with van der Waals surface area (Å²) >= 11 is 0. The number of fused-ring (bicyclic) bond motifs is 1. The minimum Gasteiger partial charge on any atom is -0.444 e. The predicted octanol–water partition coefficient (Wildman–Crippen LogP) is 4.54. The summed E-state index contributed by atoms with van der Waals surface area (Å²) in [6, 6.07) is 19.3. The second kappa shape index (κ2) is 9.66. The van der Waals surface area contributed by atoms with E-state index in [9.17, 15) is 9.59 Å². The molecule has 4 atom stereocenters. The van der Waals surface area contributed by atoms with Gasteiger partial charge in [-0.25, -0.2) is 0 Å². The molecule has 2 aromatic carbocycles. The maximum absolute atomic E-state index is 13.5. The van der Waals surface area contributed by atoms with Gasteiger partial charge in [0.2, 0.25) is 5.91 Å². The van der Waals surface area contributed by atoms with E-state index in [1.165, 1.54) is 0 Å². The number of rotatable bonds is 5. The molecule has 0 saturated carbocycles. The van der Waals surface area contributed by atoms with E-state index < -0.39 is 12.0 Å². The Morgan fingerprint density at radius 3 is 2.45 bits per heavy atom. The maximum Gasteiger partial charge on any atom is 0.311 e. The standard InChI is InChI=1S/C27H27NO3/c1-2-24(21-13-7-4-8-14-21)31-27(30)23-16-10-9-15-22-17-18-28(26(29)25(22)23)19-20-11-5-3-6-12-20/h1,3-14,22-25H,15-19H2. The first-order valence-electron chi connectivity index (χ1n) is 10.9. The SMILES string of the molecule is C#CC(OC(=O)C1CC=CCC2CCN(Cc3ccccc3)C(=O)C21)c1ccccc1. The van der Waals surface area contributed by atoms with Crippen molar-refractivity contribution in [3.05, 3.63) is 83.9 Å². The average molecular weight is 414 g/mol.